The van der Waals surface area contributed by atoms with E-state index in [9.17, 15) is 5.11 Å². The topological polar surface area (TPSA) is 108 Å². The Morgan fingerprint density at radius 3 is 2.73 bits per heavy atom. The summed E-state index contributed by atoms with van der Waals surface area (Å²) in [7, 11) is 3.93. The molecule has 1 aliphatic heterocycles. The molecule has 11 nitrogen and oxygen atoms in total. The molecule has 0 saturated heterocycles. The molecular weight excluding hydrogens is 472 g/mol. The molecule has 0 saturated carbocycles. The van der Waals surface area contributed by atoms with Crippen LogP contribution in [0.1, 0.15) is 49.5 Å². The zero-order chi connectivity index (χ0) is 26.3. The van der Waals surface area contributed by atoms with Crippen molar-refractivity contribution in [1.82, 2.24) is 38.8 Å². The van der Waals surface area contributed by atoms with Gasteiger partial charge in [-0.3, -0.25) is 14.0 Å². The van der Waals surface area contributed by atoms with Gasteiger partial charge in [0.1, 0.15) is 18.8 Å². The van der Waals surface area contributed by atoms with E-state index in [4.69, 9.17) is 19.6 Å². The summed E-state index contributed by atoms with van der Waals surface area (Å²) in [6.45, 7) is 9.60. The van der Waals surface area contributed by atoms with E-state index in [1.807, 2.05) is 69.1 Å². The third-order valence-electron chi connectivity index (χ3n) is 6.57. The van der Waals surface area contributed by atoms with Gasteiger partial charge < -0.3 is 14.6 Å². The number of hydrogen-bond donors (Lipinski definition) is 1. The lowest BCUT2D eigenvalue weighted by Crippen LogP contribution is -2.32. The number of nitrogens with zero attached hydrogens (tertiary/aromatic N) is 8. The number of hydrogen-bond acceptors (Lipinski definition) is 8. The molecule has 1 N–H and O–H groups in total. The number of ether oxygens (including phenoxy) is 2. The van der Waals surface area contributed by atoms with E-state index in [1.165, 1.54) is 0 Å². The van der Waals surface area contributed by atoms with Crippen LogP contribution in [-0.2, 0) is 13.6 Å². The third kappa shape index (κ3) is 4.60. The highest BCUT2D eigenvalue weighted by atomic mass is 16.5. The van der Waals surface area contributed by atoms with Crippen LogP contribution >= 0.6 is 0 Å². The Bertz CT molecular complexity index is 1450. The molecule has 0 unspecified atom stereocenters. The first kappa shape index (κ1) is 25.0. The first-order chi connectivity index (χ1) is 17.8. The highest BCUT2D eigenvalue weighted by molar-refractivity contribution is 5.81. The molecule has 5 rings (SSSR count). The molecule has 196 valence electrons. The van der Waals surface area contributed by atoms with Crippen molar-refractivity contribution in [3.8, 4) is 23.0 Å². The largest absolute Gasteiger partial charge is 0.476 e. The predicted octanol–water partition coefficient (Wildman–Crippen LogP) is 2.97. The molecular formula is C26H34N8O3. The van der Waals surface area contributed by atoms with Crippen molar-refractivity contribution in [2.75, 3.05) is 26.8 Å². The summed E-state index contributed by atoms with van der Waals surface area (Å²) < 4.78 is 17.9. The van der Waals surface area contributed by atoms with Crippen molar-refractivity contribution in [2.24, 2.45) is 7.05 Å². The van der Waals surface area contributed by atoms with Crippen molar-refractivity contribution < 1.29 is 14.6 Å². The van der Waals surface area contributed by atoms with Crippen molar-refractivity contribution >= 4 is 17.7 Å². The number of aliphatic hydroxyl groups is 1. The number of rotatable bonds is 4. The second kappa shape index (κ2) is 9.98. The average Bonchev–Trinajstić information content (AvgIpc) is 3.50. The molecule has 0 amide bonds. The van der Waals surface area contributed by atoms with Crippen LogP contribution in [0.5, 0.6) is 11.8 Å². The van der Waals surface area contributed by atoms with Gasteiger partial charge >= 0.3 is 0 Å². The summed E-state index contributed by atoms with van der Waals surface area (Å²) in [5, 5.41) is 19.3. The molecule has 0 fully saturated rings. The predicted molar refractivity (Wildman–Crippen MR) is 140 cm³/mol. The molecule has 1 aliphatic rings. The Balaban J connectivity index is 1.72. The molecule has 0 spiro atoms. The molecule has 4 aromatic heterocycles. The van der Waals surface area contributed by atoms with Gasteiger partial charge in [0.2, 0.25) is 11.8 Å². The van der Waals surface area contributed by atoms with E-state index < -0.39 is 0 Å². The fourth-order valence-corrected chi connectivity index (χ4v) is 4.87. The van der Waals surface area contributed by atoms with Crippen molar-refractivity contribution in [3.05, 3.63) is 41.4 Å². The van der Waals surface area contributed by atoms with Gasteiger partial charge in [-0.2, -0.15) is 5.10 Å². The number of aryl methyl sites for hydroxylation is 2. The fourth-order valence-electron chi connectivity index (χ4n) is 4.87. The summed E-state index contributed by atoms with van der Waals surface area (Å²) >= 11 is 0. The van der Waals surface area contributed by atoms with Gasteiger partial charge in [0, 0.05) is 20.1 Å². The Kier molecular flexibility index (Phi) is 6.74. The van der Waals surface area contributed by atoms with E-state index in [1.54, 1.807) is 17.3 Å². The van der Waals surface area contributed by atoms with Gasteiger partial charge in [0.15, 0.2) is 0 Å². The Morgan fingerprint density at radius 2 is 1.97 bits per heavy atom. The maximum Gasteiger partial charge on any atom is 0.240 e. The van der Waals surface area contributed by atoms with Crippen molar-refractivity contribution in [3.63, 3.8) is 0 Å². The molecule has 5 heterocycles. The van der Waals surface area contributed by atoms with Gasteiger partial charge in [-0.05, 0) is 53.0 Å². The zero-order valence-corrected chi connectivity index (χ0v) is 22.2. The first-order valence-corrected chi connectivity index (χ1v) is 12.6. The SMILES string of the molecule is CCOc1nn([C@@H](C)CO)c2c1/C=C/c1ncn3cnc(cc13)-c1c(C)nn(C)c1O[C@@H](C)CN(C)C2. The minimum atomic E-state index is -0.206. The van der Waals surface area contributed by atoms with Gasteiger partial charge in [0.25, 0.3) is 0 Å². The Hall–Kier alpha value is -3.70. The maximum atomic E-state index is 9.94. The first-order valence-electron chi connectivity index (χ1n) is 12.6. The number of aromatic nitrogens is 7. The minimum absolute atomic E-state index is 0.0310. The fraction of sp³-hybridized carbons (Fsp3) is 0.462. The van der Waals surface area contributed by atoms with Crippen molar-refractivity contribution in [2.45, 2.75) is 46.4 Å². The summed E-state index contributed by atoms with van der Waals surface area (Å²) in [5.74, 6) is 1.22. The average molecular weight is 507 g/mol. The molecule has 4 aromatic rings. The maximum absolute atomic E-state index is 9.94. The van der Waals surface area contributed by atoms with Crippen LogP contribution in [0.15, 0.2) is 18.7 Å². The van der Waals surface area contributed by atoms with Crippen molar-refractivity contribution in [1.29, 1.82) is 0 Å². The summed E-state index contributed by atoms with van der Waals surface area (Å²) in [6.07, 6.45) is 7.37. The molecule has 37 heavy (non-hydrogen) atoms. The second-order valence-corrected chi connectivity index (χ2v) is 9.62. The molecule has 11 heteroatoms. The Morgan fingerprint density at radius 1 is 1.19 bits per heavy atom. The van der Waals surface area contributed by atoms with E-state index in [0.29, 0.717) is 31.5 Å². The normalized spacial score (nSPS) is 18.1. The van der Waals surface area contributed by atoms with Crippen LogP contribution < -0.4 is 9.47 Å². The zero-order valence-electron chi connectivity index (χ0n) is 22.2. The molecule has 0 radical (unpaired) electrons. The summed E-state index contributed by atoms with van der Waals surface area (Å²) in [6, 6.07) is 1.81. The van der Waals surface area contributed by atoms with E-state index >= 15 is 0 Å². The van der Waals surface area contributed by atoms with Crippen LogP contribution in [0.2, 0.25) is 0 Å². The van der Waals surface area contributed by atoms with Gasteiger partial charge in [-0.25, -0.2) is 14.6 Å². The number of imidazole rings is 1. The monoisotopic (exact) mass is 506 g/mol. The van der Waals surface area contributed by atoms with Crippen LogP contribution in [0.3, 0.4) is 0 Å². The van der Waals surface area contributed by atoms with Gasteiger partial charge in [0.05, 0.1) is 58.7 Å². The third-order valence-corrected chi connectivity index (χ3v) is 6.57. The second-order valence-electron chi connectivity index (χ2n) is 9.62. The quantitative estimate of drug-likeness (QED) is 0.450. The molecule has 0 aliphatic carbocycles. The Labute approximate surface area is 216 Å². The lowest BCUT2D eigenvalue weighted by molar-refractivity contribution is 0.145. The summed E-state index contributed by atoms with van der Waals surface area (Å²) in [4.78, 5) is 11.5. The number of likely N-dealkylation sites (N-methyl/N-ethyl adjacent to an activating group) is 1. The molecule has 2 bridgehead atoms. The highest BCUT2D eigenvalue weighted by Crippen LogP contribution is 2.34. The smallest absolute Gasteiger partial charge is 0.240 e. The van der Waals surface area contributed by atoms with Gasteiger partial charge in [-0.15, -0.1) is 5.10 Å². The lowest BCUT2D eigenvalue weighted by atomic mass is 10.1. The minimum Gasteiger partial charge on any atom is -0.476 e. The standard InChI is InChI=1S/C26H34N8O3/c1-7-36-25-19-8-9-20-22-10-21(28-15-33(22)14-27-20)24-18(4)29-32(6)26(24)37-17(3)11-31(5)12-23(19)34(30-25)16(2)13-35/h8-10,14-17,35H,7,11-13H2,1-6H3/b9-8+/t16-,17-/m0/s1. The van der Waals surface area contributed by atoms with Gasteiger partial charge in [-0.1, -0.05) is 0 Å². The highest BCUT2D eigenvalue weighted by Gasteiger charge is 2.25. The summed E-state index contributed by atoms with van der Waals surface area (Å²) in [5.41, 5.74) is 6.03. The van der Waals surface area contributed by atoms with Crippen LogP contribution in [0.4, 0.5) is 0 Å². The molecule has 2 atom stereocenters. The number of aliphatic hydroxyl groups excluding tert-OH is 1. The van der Waals surface area contributed by atoms with Crippen LogP contribution in [0.25, 0.3) is 28.9 Å². The van der Waals surface area contributed by atoms with E-state index in [2.05, 4.69) is 15.0 Å². The lowest BCUT2D eigenvalue weighted by Gasteiger charge is -2.24. The molecule has 0 aromatic carbocycles. The van der Waals surface area contributed by atoms with Crippen LogP contribution in [-0.4, -0.2) is 76.8 Å². The van der Waals surface area contributed by atoms with Crippen LogP contribution in [0, 0.1) is 6.92 Å². The number of fused-ring (bicyclic) bond motifs is 4. The van der Waals surface area contributed by atoms with E-state index in [0.717, 1.165) is 39.4 Å². The van der Waals surface area contributed by atoms with E-state index in [-0.39, 0.29) is 18.8 Å².